The third-order valence-electron chi connectivity index (χ3n) is 3.19. The second kappa shape index (κ2) is 5.51. The number of hydrogen-bond donors (Lipinski definition) is 1. The van der Waals surface area contributed by atoms with Crippen molar-refractivity contribution in [2.45, 2.75) is 13.5 Å². The normalized spacial score (nSPS) is 10.7. The van der Waals surface area contributed by atoms with E-state index in [0.717, 1.165) is 17.9 Å². The number of rotatable bonds is 4. The van der Waals surface area contributed by atoms with Gasteiger partial charge >= 0.3 is 0 Å². The highest BCUT2D eigenvalue weighted by atomic mass is 32.1. The first-order valence-corrected chi connectivity index (χ1v) is 7.42. The van der Waals surface area contributed by atoms with E-state index in [-0.39, 0.29) is 0 Å². The Morgan fingerprint density at radius 3 is 2.65 bits per heavy atom. The molecule has 0 unspecified atom stereocenters. The van der Waals surface area contributed by atoms with Gasteiger partial charge in [-0.1, -0.05) is 30.3 Å². The van der Waals surface area contributed by atoms with E-state index in [2.05, 4.69) is 46.8 Å². The van der Waals surface area contributed by atoms with E-state index in [1.165, 1.54) is 15.3 Å². The first-order chi connectivity index (χ1) is 9.72. The van der Waals surface area contributed by atoms with Crippen LogP contribution in [0.5, 0.6) is 0 Å². The van der Waals surface area contributed by atoms with E-state index in [9.17, 15) is 0 Å². The molecule has 0 fully saturated rings. The van der Waals surface area contributed by atoms with Crippen molar-refractivity contribution in [3.8, 4) is 10.4 Å². The molecular weight excluding hydrogens is 266 g/mol. The lowest BCUT2D eigenvalue weighted by atomic mass is 10.2. The summed E-state index contributed by atoms with van der Waals surface area (Å²) in [5.74, 6) is 0. The van der Waals surface area contributed by atoms with Gasteiger partial charge in [0.05, 0.1) is 11.4 Å². The zero-order chi connectivity index (χ0) is 13.9. The maximum Gasteiger partial charge on any atom is 0.0825 e. The van der Waals surface area contributed by atoms with Crippen LogP contribution in [0.25, 0.3) is 10.4 Å². The number of nitrogens with zero attached hydrogens (tertiary/aromatic N) is 2. The number of benzene rings is 1. The van der Waals surface area contributed by atoms with Crippen molar-refractivity contribution in [2.24, 2.45) is 7.05 Å². The van der Waals surface area contributed by atoms with E-state index >= 15 is 0 Å². The molecular formula is C16H17N3S. The van der Waals surface area contributed by atoms with Crippen LogP contribution in [-0.4, -0.2) is 9.78 Å². The van der Waals surface area contributed by atoms with Gasteiger partial charge in [0, 0.05) is 29.5 Å². The van der Waals surface area contributed by atoms with Crippen LogP contribution in [0.3, 0.4) is 0 Å². The zero-order valence-corrected chi connectivity index (χ0v) is 12.4. The molecule has 0 bridgehead atoms. The third kappa shape index (κ3) is 2.75. The van der Waals surface area contributed by atoms with Crippen LogP contribution < -0.4 is 5.32 Å². The Hall–Kier alpha value is -2.07. The summed E-state index contributed by atoms with van der Waals surface area (Å²) in [6.45, 7) is 2.86. The monoisotopic (exact) mass is 283 g/mol. The van der Waals surface area contributed by atoms with Crippen LogP contribution in [0, 0.1) is 6.92 Å². The minimum absolute atomic E-state index is 0.837. The van der Waals surface area contributed by atoms with Gasteiger partial charge in [-0.3, -0.25) is 4.68 Å². The summed E-state index contributed by atoms with van der Waals surface area (Å²) in [7, 11) is 1.94. The highest BCUT2D eigenvalue weighted by Gasteiger charge is 2.05. The molecule has 0 aliphatic heterocycles. The average Bonchev–Trinajstić information content (AvgIpc) is 3.04. The predicted octanol–water partition coefficient (Wildman–Crippen LogP) is 4.07. The maximum atomic E-state index is 4.33. The number of hydrogen-bond acceptors (Lipinski definition) is 3. The molecule has 102 valence electrons. The summed E-state index contributed by atoms with van der Waals surface area (Å²) in [6, 6.07) is 14.9. The zero-order valence-electron chi connectivity index (χ0n) is 11.6. The highest BCUT2D eigenvalue weighted by molar-refractivity contribution is 7.15. The van der Waals surface area contributed by atoms with E-state index in [0.29, 0.717) is 0 Å². The smallest absolute Gasteiger partial charge is 0.0825 e. The fraction of sp³-hybridized carbons (Fsp3) is 0.188. The minimum atomic E-state index is 0.837. The number of nitrogens with one attached hydrogen (secondary N) is 1. The molecule has 0 aliphatic carbocycles. The van der Waals surface area contributed by atoms with Crippen molar-refractivity contribution in [1.82, 2.24) is 9.78 Å². The molecule has 1 aromatic carbocycles. The van der Waals surface area contributed by atoms with Crippen molar-refractivity contribution < 1.29 is 0 Å². The number of anilines is 1. The van der Waals surface area contributed by atoms with Gasteiger partial charge in [-0.05, 0) is 24.6 Å². The highest BCUT2D eigenvalue weighted by Crippen LogP contribution is 2.28. The standard InChI is InChI=1S/C16H17N3S/c1-12-15(11-19(2)18-12)17-10-14-8-9-16(20-14)13-6-4-3-5-7-13/h3-9,11,17H,10H2,1-2H3. The Morgan fingerprint density at radius 1 is 1.15 bits per heavy atom. The Labute approximate surface area is 122 Å². The lowest BCUT2D eigenvalue weighted by Gasteiger charge is -2.02. The summed E-state index contributed by atoms with van der Waals surface area (Å²) in [5, 5.41) is 7.78. The molecule has 0 saturated heterocycles. The van der Waals surface area contributed by atoms with Gasteiger partial charge in [-0.25, -0.2) is 0 Å². The summed E-state index contributed by atoms with van der Waals surface area (Å²) in [4.78, 5) is 2.64. The lowest BCUT2D eigenvalue weighted by Crippen LogP contribution is -1.97. The van der Waals surface area contributed by atoms with Crippen LogP contribution in [0.2, 0.25) is 0 Å². The molecule has 0 saturated carbocycles. The fourth-order valence-electron chi connectivity index (χ4n) is 2.19. The van der Waals surface area contributed by atoms with Crippen LogP contribution in [0.15, 0.2) is 48.7 Å². The number of aromatic nitrogens is 2. The summed E-state index contributed by atoms with van der Waals surface area (Å²) >= 11 is 1.83. The molecule has 3 aromatic rings. The molecule has 3 rings (SSSR count). The summed E-state index contributed by atoms with van der Waals surface area (Å²) in [6.07, 6.45) is 2.01. The van der Waals surface area contributed by atoms with Crippen molar-refractivity contribution in [3.63, 3.8) is 0 Å². The van der Waals surface area contributed by atoms with Gasteiger partial charge in [-0.15, -0.1) is 11.3 Å². The van der Waals surface area contributed by atoms with Gasteiger partial charge < -0.3 is 5.32 Å². The molecule has 4 heteroatoms. The second-order valence-corrected chi connectivity index (χ2v) is 5.96. The maximum absolute atomic E-state index is 4.33. The molecule has 1 N–H and O–H groups in total. The molecule has 0 atom stereocenters. The molecule has 0 amide bonds. The molecule has 3 nitrogen and oxygen atoms in total. The third-order valence-corrected chi connectivity index (χ3v) is 4.32. The largest absolute Gasteiger partial charge is 0.377 e. The number of thiophene rings is 1. The van der Waals surface area contributed by atoms with Crippen molar-refractivity contribution in [3.05, 3.63) is 59.2 Å². The van der Waals surface area contributed by atoms with Gasteiger partial charge in [-0.2, -0.15) is 5.10 Å². The van der Waals surface area contributed by atoms with Crippen molar-refractivity contribution in [2.75, 3.05) is 5.32 Å². The van der Waals surface area contributed by atoms with Crippen LogP contribution in [0.1, 0.15) is 10.6 Å². The number of aryl methyl sites for hydroxylation is 2. The van der Waals surface area contributed by atoms with E-state index in [1.807, 2.05) is 42.3 Å². The van der Waals surface area contributed by atoms with Crippen LogP contribution in [0.4, 0.5) is 5.69 Å². The van der Waals surface area contributed by atoms with E-state index < -0.39 is 0 Å². The second-order valence-electron chi connectivity index (χ2n) is 4.79. The van der Waals surface area contributed by atoms with Gasteiger partial charge in [0.2, 0.25) is 0 Å². The van der Waals surface area contributed by atoms with Gasteiger partial charge in [0.1, 0.15) is 0 Å². The Morgan fingerprint density at radius 2 is 1.95 bits per heavy atom. The molecule has 0 radical (unpaired) electrons. The fourth-order valence-corrected chi connectivity index (χ4v) is 3.14. The molecule has 0 spiro atoms. The lowest BCUT2D eigenvalue weighted by molar-refractivity contribution is 0.756. The Bertz CT molecular complexity index is 698. The summed E-state index contributed by atoms with van der Waals surface area (Å²) in [5.41, 5.74) is 3.41. The SMILES string of the molecule is Cc1nn(C)cc1NCc1ccc(-c2ccccc2)s1. The predicted molar refractivity (Wildman–Crippen MR) is 85.0 cm³/mol. The van der Waals surface area contributed by atoms with E-state index in [4.69, 9.17) is 0 Å². The van der Waals surface area contributed by atoms with Gasteiger partial charge in [0.15, 0.2) is 0 Å². The van der Waals surface area contributed by atoms with Crippen LogP contribution in [-0.2, 0) is 13.6 Å². The molecule has 2 aromatic heterocycles. The minimum Gasteiger partial charge on any atom is -0.377 e. The van der Waals surface area contributed by atoms with Gasteiger partial charge in [0.25, 0.3) is 0 Å². The Kier molecular flexibility index (Phi) is 3.56. The first kappa shape index (κ1) is 12.9. The quantitative estimate of drug-likeness (QED) is 0.782. The Balaban J connectivity index is 1.70. The average molecular weight is 283 g/mol. The van der Waals surface area contributed by atoms with Crippen molar-refractivity contribution in [1.29, 1.82) is 0 Å². The van der Waals surface area contributed by atoms with Crippen molar-refractivity contribution >= 4 is 17.0 Å². The molecule has 0 aliphatic rings. The van der Waals surface area contributed by atoms with Crippen LogP contribution >= 0.6 is 11.3 Å². The summed E-state index contributed by atoms with van der Waals surface area (Å²) < 4.78 is 1.83. The molecule has 20 heavy (non-hydrogen) atoms. The topological polar surface area (TPSA) is 29.9 Å². The molecule has 2 heterocycles. The first-order valence-electron chi connectivity index (χ1n) is 6.60. The van der Waals surface area contributed by atoms with E-state index in [1.54, 1.807) is 0 Å².